The summed E-state index contributed by atoms with van der Waals surface area (Å²) in [6.45, 7) is 4.41. The molecule has 0 aliphatic heterocycles. The molecule has 0 spiro atoms. The molecule has 0 aliphatic carbocycles. The molecule has 3 rings (SSSR count). The number of carbonyl (C=O) groups excluding carboxylic acids is 2. The summed E-state index contributed by atoms with van der Waals surface area (Å²) in [6.07, 6.45) is 0. The van der Waals surface area contributed by atoms with Gasteiger partial charge >= 0.3 is 11.9 Å². The number of carbonyl (C=O) groups is 2. The highest BCUT2D eigenvalue weighted by atomic mass is 17.2. The number of hydrogen-bond donors (Lipinski definition) is 4. The fourth-order valence-electron chi connectivity index (χ4n) is 2.16. The van der Waals surface area contributed by atoms with Gasteiger partial charge in [-0.2, -0.15) is 0 Å². The van der Waals surface area contributed by atoms with E-state index in [1.54, 1.807) is 60.7 Å². The molecular weight excluding hydrogens is 404 g/mol. The second kappa shape index (κ2) is 17.3. The van der Waals surface area contributed by atoms with Crippen LogP contribution in [0.15, 0.2) is 91.0 Å². The molecule has 0 atom stereocenters. The predicted molar refractivity (Wildman–Crippen MR) is 115 cm³/mol. The third-order valence-corrected chi connectivity index (χ3v) is 3.68. The van der Waals surface area contributed by atoms with Crippen molar-refractivity contribution in [2.75, 3.05) is 0 Å². The number of rotatable bonds is 3. The van der Waals surface area contributed by atoms with Gasteiger partial charge in [-0.1, -0.05) is 80.6 Å². The Kier molecular flexibility index (Phi) is 15.3. The summed E-state index contributed by atoms with van der Waals surface area (Å²) in [5, 5.41) is 24.0. The molecule has 0 amide bonds. The Morgan fingerprint density at radius 2 is 0.871 bits per heavy atom. The summed E-state index contributed by atoms with van der Waals surface area (Å²) < 4.78 is 0. The first kappa shape index (κ1) is 27.4. The van der Waals surface area contributed by atoms with E-state index in [0.29, 0.717) is 17.0 Å². The Labute approximate surface area is 180 Å². The molecule has 0 fully saturated rings. The van der Waals surface area contributed by atoms with Gasteiger partial charge in [0, 0.05) is 0 Å². The predicted octanol–water partition coefficient (Wildman–Crippen LogP) is 5.46. The average Bonchev–Trinajstić information content (AvgIpc) is 2.86. The van der Waals surface area contributed by atoms with Crippen LogP contribution in [-0.4, -0.2) is 33.0 Å². The van der Waals surface area contributed by atoms with Crippen molar-refractivity contribution >= 4 is 11.9 Å². The van der Waals surface area contributed by atoms with Crippen LogP contribution in [0.1, 0.15) is 46.0 Å². The summed E-state index contributed by atoms with van der Waals surface area (Å²) in [5.41, 5.74) is 2.05. The van der Waals surface area contributed by atoms with Crippen molar-refractivity contribution < 1.29 is 40.4 Å². The van der Waals surface area contributed by atoms with Crippen molar-refractivity contribution in [2.45, 2.75) is 19.8 Å². The van der Waals surface area contributed by atoms with Gasteiger partial charge in [0.15, 0.2) is 0 Å². The van der Waals surface area contributed by atoms with Crippen LogP contribution in [0, 0.1) is 0 Å². The monoisotopic (exact) mass is 430 g/mol. The summed E-state index contributed by atoms with van der Waals surface area (Å²) in [7, 11) is 0. The SMILES string of the molecule is CC(C)c1ccccc1.O=C(OOC(=O)c1ccccc1)c1ccccc1.OO.OO. The molecule has 0 radical (unpaired) electrons. The van der Waals surface area contributed by atoms with Crippen LogP contribution in [0.4, 0.5) is 0 Å². The van der Waals surface area contributed by atoms with Crippen LogP contribution in [0.5, 0.6) is 0 Å². The molecule has 166 valence electrons. The average molecular weight is 430 g/mol. The van der Waals surface area contributed by atoms with E-state index in [-0.39, 0.29) is 0 Å². The van der Waals surface area contributed by atoms with Crippen LogP contribution >= 0.6 is 0 Å². The molecule has 0 saturated carbocycles. The van der Waals surface area contributed by atoms with Crippen molar-refractivity contribution in [2.24, 2.45) is 0 Å². The van der Waals surface area contributed by atoms with E-state index in [2.05, 4.69) is 47.9 Å². The molecule has 0 bridgehead atoms. The Morgan fingerprint density at radius 1 is 0.581 bits per heavy atom. The van der Waals surface area contributed by atoms with Crippen molar-refractivity contribution in [3.63, 3.8) is 0 Å². The third kappa shape index (κ3) is 11.3. The smallest absolute Gasteiger partial charge is 0.255 e. The van der Waals surface area contributed by atoms with E-state index in [1.807, 2.05) is 6.07 Å². The fraction of sp³-hybridized carbons (Fsp3) is 0.130. The minimum atomic E-state index is -0.708. The second-order valence-corrected chi connectivity index (χ2v) is 6.04. The third-order valence-electron chi connectivity index (χ3n) is 3.68. The summed E-state index contributed by atoms with van der Waals surface area (Å²) in [4.78, 5) is 31.9. The van der Waals surface area contributed by atoms with Gasteiger partial charge in [-0.05, 0) is 35.7 Å². The topological polar surface area (TPSA) is 134 Å². The van der Waals surface area contributed by atoms with Gasteiger partial charge in [0.1, 0.15) is 0 Å². The molecular formula is C23H26O8. The van der Waals surface area contributed by atoms with Crippen molar-refractivity contribution in [3.8, 4) is 0 Å². The summed E-state index contributed by atoms with van der Waals surface area (Å²) >= 11 is 0. The first-order valence-electron chi connectivity index (χ1n) is 9.06. The van der Waals surface area contributed by atoms with E-state index < -0.39 is 11.9 Å². The minimum absolute atomic E-state index is 0.318. The van der Waals surface area contributed by atoms with Gasteiger partial charge in [-0.15, -0.1) is 0 Å². The Balaban J connectivity index is 0.000000582. The molecule has 0 heterocycles. The van der Waals surface area contributed by atoms with Crippen molar-refractivity contribution in [1.82, 2.24) is 0 Å². The van der Waals surface area contributed by atoms with Gasteiger partial charge in [-0.3, -0.25) is 21.0 Å². The van der Waals surface area contributed by atoms with Crippen LogP contribution in [-0.2, 0) is 9.78 Å². The molecule has 4 N–H and O–H groups in total. The molecule has 8 nitrogen and oxygen atoms in total. The lowest BCUT2D eigenvalue weighted by molar-refractivity contribution is -0.187. The van der Waals surface area contributed by atoms with Gasteiger partial charge < -0.3 is 0 Å². The lowest BCUT2D eigenvalue weighted by Gasteiger charge is -2.02. The largest absolute Gasteiger partial charge is 0.386 e. The molecule has 0 aliphatic rings. The number of benzene rings is 3. The normalized spacial score (nSPS) is 8.87. The number of hydrogen-bond acceptors (Lipinski definition) is 8. The molecule has 3 aromatic rings. The van der Waals surface area contributed by atoms with Gasteiger partial charge in [0.05, 0.1) is 11.1 Å². The maximum atomic E-state index is 11.5. The summed E-state index contributed by atoms with van der Waals surface area (Å²) in [6, 6.07) is 27.1. The molecule has 8 heteroatoms. The van der Waals surface area contributed by atoms with E-state index in [0.717, 1.165) is 0 Å². The van der Waals surface area contributed by atoms with Gasteiger partial charge in [0.25, 0.3) is 0 Å². The van der Waals surface area contributed by atoms with Crippen LogP contribution < -0.4 is 0 Å². The van der Waals surface area contributed by atoms with E-state index in [9.17, 15) is 9.59 Å². The maximum absolute atomic E-state index is 11.5. The molecule has 0 saturated heterocycles. The second-order valence-electron chi connectivity index (χ2n) is 6.04. The highest BCUT2D eigenvalue weighted by Crippen LogP contribution is 2.11. The van der Waals surface area contributed by atoms with Crippen LogP contribution in [0.3, 0.4) is 0 Å². The van der Waals surface area contributed by atoms with Gasteiger partial charge in [0.2, 0.25) is 0 Å². The molecule has 0 aromatic heterocycles. The first-order valence-corrected chi connectivity index (χ1v) is 9.06. The Morgan fingerprint density at radius 3 is 1.13 bits per heavy atom. The van der Waals surface area contributed by atoms with Crippen LogP contribution in [0.2, 0.25) is 0 Å². The Bertz CT molecular complexity index is 786. The summed E-state index contributed by atoms with van der Waals surface area (Å²) in [5.74, 6) is -0.758. The van der Waals surface area contributed by atoms with E-state index >= 15 is 0 Å². The zero-order valence-electron chi connectivity index (χ0n) is 17.2. The fourth-order valence-corrected chi connectivity index (χ4v) is 2.16. The molecule has 31 heavy (non-hydrogen) atoms. The van der Waals surface area contributed by atoms with Crippen LogP contribution in [0.25, 0.3) is 0 Å². The highest BCUT2D eigenvalue weighted by Gasteiger charge is 2.13. The highest BCUT2D eigenvalue weighted by molar-refractivity contribution is 5.92. The van der Waals surface area contributed by atoms with Crippen molar-refractivity contribution in [3.05, 3.63) is 108 Å². The first-order chi connectivity index (χ1) is 15.1. The van der Waals surface area contributed by atoms with E-state index in [1.165, 1.54) is 5.56 Å². The minimum Gasteiger partial charge on any atom is -0.255 e. The molecule has 0 unspecified atom stereocenters. The zero-order valence-corrected chi connectivity index (χ0v) is 17.2. The Hall–Kier alpha value is -3.56. The standard InChI is InChI=1S/C14H10O4.C9H12.2H2O2/c15-13(11-7-3-1-4-8-11)17-18-14(16)12-9-5-2-6-10-12;1-8(2)9-6-4-3-5-7-9;2*1-2/h1-10H;3-8H,1-2H3;2*1-2H. The zero-order chi connectivity index (χ0) is 23.5. The van der Waals surface area contributed by atoms with Gasteiger partial charge in [-0.25, -0.2) is 19.4 Å². The van der Waals surface area contributed by atoms with Crippen molar-refractivity contribution in [1.29, 1.82) is 0 Å². The lowest BCUT2D eigenvalue weighted by atomic mass is 10.0. The van der Waals surface area contributed by atoms with E-state index in [4.69, 9.17) is 21.0 Å². The molecule has 3 aromatic carbocycles. The lowest BCUT2D eigenvalue weighted by Crippen LogP contribution is -2.11. The quantitative estimate of drug-likeness (QED) is 0.318. The maximum Gasteiger partial charge on any atom is 0.386 e.